The summed E-state index contributed by atoms with van der Waals surface area (Å²) >= 11 is 0. The highest BCUT2D eigenvalue weighted by Gasteiger charge is 2.29. The van der Waals surface area contributed by atoms with Gasteiger partial charge in [0.25, 0.3) is 5.91 Å². The zero-order valence-electron chi connectivity index (χ0n) is 12.0. The Labute approximate surface area is 115 Å². The molecule has 3 heteroatoms. The molecule has 0 aromatic heterocycles. The lowest BCUT2D eigenvalue weighted by molar-refractivity contribution is 0.0626. The van der Waals surface area contributed by atoms with E-state index in [4.69, 9.17) is 0 Å². The van der Waals surface area contributed by atoms with Crippen LogP contribution >= 0.6 is 0 Å². The van der Waals surface area contributed by atoms with Crippen molar-refractivity contribution in [3.05, 3.63) is 29.3 Å². The molecule has 1 N–H and O–H groups in total. The summed E-state index contributed by atoms with van der Waals surface area (Å²) in [7, 11) is 1.86. The fourth-order valence-electron chi connectivity index (χ4n) is 3.03. The van der Waals surface area contributed by atoms with E-state index in [-0.39, 0.29) is 11.7 Å². The molecule has 1 aromatic rings. The molecule has 2 atom stereocenters. The first-order chi connectivity index (χ1) is 9.00. The van der Waals surface area contributed by atoms with Crippen molar-refractivity contribution in [1.82, 2.24) is 4.90 Å². The van der Waals surface area contributed by atoms with Gasteiger partial charge in [0.1, 0.15) is 5.75 Å². The largest absolute Gasteiger partial charge is 0.507 e. The van der Waals surface area contributed by atoms with Gasteiger partial charge < -0.3 is 10.0 Å². The summed E-state index contributed by atoms with van der Waals surface area (Å²) in [5, 5.41) is 9.87. The van der Waals surface area contributed by atoms with Gasteiger partial charge in [0.15, 0.2) is 0 Å². The highest BCUT2D eigenvalue weighted by molar-refractivity contribution is 5.97. The standard InChI is InChI=1S/C16H23NO2/c1-11-8-9-15(18)13(10-11)16(19)17(3)14-7-5-4-6-12(14)2/h8-10,12,14,18H,4-7H2,1-3H3. The number of aryl methyl sites for hydroxylation is 1. The number of carbonyl (C=O) groups excluding carboxylic acids is 1. The zero-order valence-corrected chi connectivity index (χ0v) is 12.0. The van der Waals surface area contributed by atoms with Crippen molar-refractivity contribution in [3.8, 4) is 5.75 Å². The summed E-state index contributed by atoms with van der Waals surface area (Å²) in [6.45, 7) is 4.14. The topological polar surface area (TPSA) is 40.5 Å². The first kappa shape index (κ1) is 13.9. The first-order valence-electron chi connectivity index (χ1n) is 7.07. The smallest absolute Gasteiger partial charge is 0.257 e. The Hall–Kier alpha value is -1.51. The third-order valence-corrected chi connectivity index (χ3v) is 4.27. The van der Waals surface area contributed by atoms with Gasteiger partial charge >= 0.3 is 0 Å². The minimum Gasteiger partial charge on any atom is -0.507 e. The highest BCUT2D eigenvalue weighted by Crippen LogP contribution is 2.29. The van der Waals surface area contributed by atoms with E-state index in [0.717, 1.165) is 12.0 Å². The molecule has 19 heavy (non-hydrogen) atoms. The quantitative estimate of drug-likeness (QED) is 0.887. The number of aromatic hydroxyl groups is 1. The third kappa shape index (κ3) is 2.91. The van der Waals surface area contributed by atoms with E-state index in [9.17, 15) is 9.90 Å². The van der Waals surface area contributed by atoms with Gasteiger partial charge in [-0.1, -0.05) is 31.4 Å². The van der Waals surface area contributed by atoms with Crippen molar-refractivity contribution in [2.75, 3.05) is 7.05 Å². The molecule has 2 unspecified atom stereocenters. The second kappa shape index (κ2) is 5.64. The lowest BCUT2D eigenvalue weighted by atomic mass is 9.85. The van der Waals surface area contributed by atoms with Gasteiger partial charge in [0.2, 0.25) is 0 Å². The number of phenolic OH excluding ortho intramolecular Hbond substituents is 1. The molecule has 0 spiro atoms. The maximum Gasteiger partial charge on any atom is 0.257 e. The Bertz CT molecular complexity index is 470. The molecule has 1 aliphatic rings. The van der Waals surface area contributed by atoms with Crippen LogP contribution < -0.4 is 0 Å². The lowest BCUT2D eigenvalue weighted by Gasteiger charge is -2.36. The molecule has 1 saturated carbocycles. The van der Waals surface area contributed by atoms with E-state index in [1.165, 1.54) is 19.3 Å². The van der Waals surface area contributed by atoms with E-state index in [0.29, 0.717) is 17.5 Å². The highest BCUT2D eigenvalue weighted by atomic mass is 16.3. The second-order valence-electron chi connectivity index (χ2n) is 5.77. The number of amides is 1. The fraction of sp³-hybridized carbons (Fsp3) is 0.562. The van der Waals surface area contributed by atoms with Gasteiger partial charge in [-0.15, -0.1) is 0 Å². The van der Waals surface area contributed by atoms with Gasteiger partial charge in [-0.05, 0) is 37.8 Å². The average molecular weight is 261 g/mol. The molecule has 0 radical (unpaired) electrons. The maximum absolute atomic E-state index is 12.5. The SMILES string of the molecule is Cc1ccc(O)c(C(=O)N(C)C2CCCCC2C)c1. The van der Waals surface area contributed by atoms with Crippen LogP contribution in [0.2, 0.25) is 0 Å². The van der Waals surface area contributed by atoms with Crippen molar-refractivity contribution >= 4 is 5.91 Å². The molecule has 3 nitrogen and oxygen atoms in total. The second-order valence-corrected chi connectivity index (χ2v) is 5.77. The van der Waals surface area contributed by atoms with Crippen molar-refractivity contribution in [3.63, 3.8) is 0 Å². The molecular weight excluding hydrogens is 238 g/mol. The molecule has 0 heterocycles. The van der Waals surface area contributed by atoms with Gasteiger partial charge in [-0.2, -0.15) is 0 Å². The summed E-state index contributed by atoms with van der Waals surface area (Å²) in [4.78, 5) is 14.3. The summed E-state index contributed by atoms with van der Waals surface area (Å²) in [5.74, 6) is 0.542. The molecule has 1 aromatic carbocycles. The normalized spacial score (nSPS) is 23.1. The minimum absolute atomic E-state index is 0.0695. The van der Waals surface area contributed by atoms with Crippen LogP contribution in [0.3, 0.4) is 0 Å². The summed E-state index contributed by atoms with van der Waals surface area (Å²) in [5.41, 5.74) is 1.41. The van der Waals surface area contributed by atoms with E-state index < -0.39 is 0 Å². The Balaban J connectivity index is 2.20. The molecule has 1 aliphatic carbocycles. The Morgan fingerprint density at radius 2 is 2.00 bits per heavy atom. The molecule has 0 saturated heterocycles. The molecule has 2 rings (SSSR count). The predicted molar refractivity (Wildman–Crippen MR) is 76.4 cm³/mol. The van der Waals surface area contributed by atoms with E-state index in [2.05, 4.69) is 6.92 Å². The summed E-state index contributed by atoms with van der Waals surface area (Å²) in [6, 6.07) is 5.47. The molecular formula is C16H23NO2. The number of hydrogen-bond acceptors (Lipinski definition) is 2. The molecule has 1 amide bonds. The zero-order chi connectivity index (χ0) is 14.0. The number of rotatable bonds is 2. The monoisotopic (exact) mass is 261 g/mol. The van der Waals surface area contributed by atoms with E-state index in [1.54, 1.807) is 12.1 Å². The van der Waals surface area contributed by atoms with E-state index in [1.807, 2.05) is 24.9 Å². The van der Waals surface area contributed by atoms with Crippen LogP contribution in [0, 0.1) is 12.8 Å². The first-order valence-corrected chi connectivity index (χ1v) is 7.07. The van der Waals surface area contributed by atoms with Crippen LogP contribution in [-0.2, 0) is 0 Å². The number of benzene rings is 1. The molecule has 0 aliphatic heterocycles. The Morgan fingerprint density at radius 3 is 2.68 bits per heavy atom. The van der Waals surface area contributed by atoms with Crippen LogP contribution in [0.5, 0.6) is 5.75 Å². The maximum atomic E-state index is 12.5. The van der Waals surface area contributed by atoms with Gasteiger partial charge in [0.05, 0.1) is 5.56 Å². The number of carbonyl (C=O) groups is 1. The number of phenols is 1. The lowest BCUT2D eigenvalue weighted by Crippen LogP contribution is -2.42. The van der Waals surface area contributed by atoms with Crippen LogP contribution in [-0.4, -0.2) is 29.0 Å². The van der Waals surface area contributed by atoms with Crippen molar-refractivity contribution in [2.45, 2.75) is 45.6 Å². The molecule has 104 valence electrons. The van der Waals surface area contributed by atoms with Crippen LogP contribution in [0.25, 0.3) is 0 Å². The van der Waals surface area contributed by atoms with Crippen LogP contribution in [0.15, 0.2) is 18.2 Å². The third-order valence-electron chi connectivity index (χ3n) is 4.27. The summed E-state index contributed by atoms with van der Waals surface area (Å²) in [6.07, 6.45) is 4.69. The van der Waals surface area contributed by atoms with E-state index >= 15 is 0 Å². The molecule has 0 bridgehead atoms. The number of hydrogen-bond donors (Lipinski definition) is 1. The fourth-order valence-corrected chi connectivity index (χ4v) is 3.03. The van der Waals surface area contributed by atoms with Gasteiger partial charge in [0, 0.05) is 13.1 Å². The van der Waals surface area contributed by atoms with Crippen molar-refractivity contribution < 1.29 is 9.90 Å². The minimum atomic E-state index is -0.0695. The van der Waals surface area contributed by atoms with Crippen LogP contribution in [0.4, 0.5) is 0 Å². The van der Waals surface area contributed by atoms with Crippen molar-refractivity contribution in [2.24, 2.45) is 5.92 Å². The van der Waals surface area contributed by atoms with Crippen LogP contribution in [0.1, 0.15) is 48.5 Å². The summed E-state index contributed by atoms with van der Waals surface area (Å²) < 4.78 is 0. The average Bonchev–Trinajstić information content (AvgIpc) is 2.40. The van der Waals surface area contributed by atoms with Gasteiger partial charge in [-0.3, -0.25) is 4.79 Å². The van der Waals surface area contributed by atoms with Gasteiger partial charge in [-0.25, -0.2) is 0 Å². The number of nitrogens with zero attached hydrogens (tertiary/aromatic N) is 1. The molecule has 1 fully saturated rings. The predicted octanol–water partition coefficient (Wildman–Crippen LogP) is 3.35. The Kier molecular flexibility index (Phi) is 4.13. The Morgan fingerprint density at radius 1 is 1.32 bits per heavy atom. The van der Waals surface area contributed by atoms with Crippen molar-refractivity contribution in [1.29, 1.82) is 0 Å².